The number of nitrogens with one attached hydrogen (secondary N) is 1. The van der Waals surface area contributed by atoms with Crippen molar-refractivity contribution in [2.24, 2.45) is 5.73 Å². The molecule has 0 saturated carbocycles. The van der Waals surface area contributed by atoms with Gasteiger partial charge in [0.15, 0.2) is 0 Å². The molecule has 2 unspecified atom stereocenters. The Morgan fingerprint density at radius 1 is 1.47 bits per heavy atom. The lowest BCUT2D eigenvalue weighted by Gasteiger charge is -2.18. The van der Waals surface area contributed by atoms with Gasteiger partial charge in [0, 0.05) is 6.42 Å². The summed E-state index contributed by atoms with van der Waals surface area (Å²) in [6, 6.07) is -2.35. The number of carbonyl (C=O) groups is 2. The first-order valence-electron chi connectivity index (χ1n) is 4.40. The molecule has 7 heteroatoms. The minimum absolute atomic E-state index is 0.314. The Morgan fingerprint density at radius 2 is 2.00 bits per heavy atom. The Bertz CT molecular complexity index is 234. The highest BCUT2D eigenvalue weighted by Gasteiger charge is 2.24. The summed E-state index contributed by atoms with van der Waals surface area (Å²) < 4.78 is 24.6. The van der Waals surface area contributed by atoms with Gasteiger partial charge in [-0.25, -0.2) is 8.78 Å². The number of hydrogen-bond donors (Lipinski definition) is 3. The van der Waals surface area contributed by atoms with Crippen LogP contribution in [0.15, 0.2) is 0 Å². The molecule has 0 rings (SSSR count). The van der Waals surface area contributed by atoms with Crippen molar-refractivity contribution in [1.29, 1.82) is 0 Å². The molecule has 0 bridgehead atoms. The molecule has 88 valence electrons. The molecular weight excluding hydrogens is 210 g/mol. The zero-order valence-corrected chi connectivity index (χ0v) is 8.24. The average Bonchev–Trinajstić information content (AvgIpc) is 2.10. The van der Waals surface area contributed by atoms with E-state index in [1.807, 2.05) is 5.32 Å². The van der Waals surface area contributed by atoms with E-state index < -0.39 is 36.8 Å². The molecule has 0 aromatic heterocycles. The van der Waals surface area contributed by atoms with Crippen molar-refractivity contribution in [2.75, 3.05) is 0 Å². The van der Waals surface area contributed by atoms with Crippen LogP contribution in [0.2, 0.25) is 0 Å². The zero-order chi connectivity index (χ0) is 12.0. The van der Waals surface area contributed by atoms with Crippen molar-refractivity contribution >= 4 is 11.9 Å². The van der Waals surface area contributed by atoms with Gasteiger partial charge in [-0.15, -0.1) is 0 Å². The second-order valence-corrected chi connectivity index (χ2v) is 3.17. The number of rotatable bonds is 6. The zero-order valence-electron chi connectivity index (χ0n) is 8.24. The van der Waals surface area contributed by atoms with Crippen molar-refractivity contribution in [1.82, 2.24) is 5.32 Å². The van der Waals surface area contributed by atoms with Crippen molar-refractivity contribution in [3.63, 3.8) is 0 Å². The smallest absolute Gasteiger partial charge is 0.303 e. The number of carboxylic acid groups (broad SMARTS) is 1. The first-order chi connectivity index (χ1) is 6.84. The van der Waals surface area contributed by atoms with Crippen molar-refractivity contribution in [2.45, 2.75) is 38.3 Å². The van der Waals surface area contributed by atoms with Crippen LogP contribution >= 0.6 is 0 Å². The van der Waals surface area contributed by atoms with Gasteiger partial charge in [0.2, 0.25) is 5.91 Å². The van der Waals surface area contributed by atoms with Crippen molar-refractivity contribution in [3.05, 3.63) is 0 Å². The predicted octanol–water partition coefficient (Wildman–Crippen LogP) is -0.0517. The molecule has 0 spiro atoms. The summed E-state index contributed by atoms with van der Waals surface area (Å²) in [6.07, 6.45) is -3.54. The number of carbonyl (C=O) groups excluding carboxylic acids is 1. The van der Waals surface area contributed by atoms with E-state index >= 15 is 0 Å². The lowest BCUT2D eigenvalue weighted by atomic mass is 10.1. The van der Waals surface area contributed by atoms with E-state index in [0.29, 0.717) is 0 Å². The monoisotopic (exact) mass is 224 g/mol. The van der Waals surface area contributed by atoms with E-state index in [1.54, 1.807) is 0 Å². The highest BCUT2D eigenvalue weighted by molar-refractivity contribution is 5.81. The summed E-state index contributed by atoms with van der Waals surface area (Å²) in [4.78, 5) is 21.1. The summed E-state index contributed by atoms with van der Waals surface area (Å²) in [6.45, 7) is 1.36. The quantitative estimate of drug-likeness (QED) is 0.589. The third kappa shape index (κ3) is 5.95. The molecule has 2 atom stereocenters. The molecule has 0 heterocycles. The van der Waals surface area contributed by atoms with Crippen molar-refractivity contribution < 1.29 is 23.5 Å². The normalized spacial score (nSPS) is 14.7. The first-order valence-corrected chi connectivity index (χ1v) is 4.40. The highest BCUT2D eigenvalue weighted by Crippen LogP contribution is 2.08. The molecule has 0 radical (unpaired) electrons. The van der Waals surface area contributed by atoms with Gasteiger partial charge in [0.1, 0.15) is 0 Å². The lowest BCUT2D eigenvalue weighted by Crippen LogP contribution is -2.47. The van der Waals surface area contributed by atoms with E-state index in [4.69, 9.17) is 10.8 Å². The molecule has 0 saturated heterocycles. The fraction of sp³-hybridized carbons (Fsp3) is 0.750. The number of nitrogens with two attached hydrogens (primary N) is 1. The topological polar surface area (TPSA) is 92.4 Å². The van der Waals surface area contributed by atoms with E-state index in [-0.39, 0.29) is 6.42 Å². The minimum Gasteiger partial charge on any atom is -0.481 e. The van der Waals surface area contributed by atoms with Crippen LogP contribution in [-0.4, -0.2) is 35.5 Å². The summed E-state index contributed by atoms with van der Waals surface area (Å²) in [7, 11) is 0. The molecule has 5 nitrogen and oxygen atoms in total. The Balaban J connectivity index is 4.16. The standard InChI is InChI=1S/C8H14F2N2O3/c1-4(11)8(15)12-5(7(9)10)2-3-6(13)14/h4-5,7H,2-3,11H2,1H3,(H,12,15)(H,13,14). The molecule has 0 aromatic rings. The van der Waals surface area contributed by atoms with Gasteiger partial charge in [-0.3, -0.25) is 9.59 Å². The van der Waals surface area contributed by atoms with Gasteiger partial charge in [-0.1, -0.05) is 0 Å². The van der Waals surface area contributed by atoms with Gasteiger partial charge in [-0.2, -0.15) is 0 Å². The van der Waals surface area contributed by atoms with Gasteiger partial charge in [-0.05, 0) is 13.3 Å². The molecule has 1 amide bonds. The Hall–Kier alpha value is -1.24. The Kier molecular flexibility index (Phi) is 5.76. The molecule has 0 aliphatic heterocycles. The molecule has 15 heavy (non-hydrogen) atoms. The molecule has 0 aromatic carbocycles. The van der Waals surface area contributed by atoms with Gasteiger partial charge in [0.05, 0.1) is 12.1 Å². The Morgan fingerprint density at radius 3 is 2.33 bits per heavy atom. The van der Waals surface area contributed by atoms with E-state index in [2.05, 4.69) is 0 Å². The molecule has 0 aliphatic carbocycles. The maximum absolute atomic E-state index is 12.3. The maximum atomic E-state index is 12.3. The predicted molar refractivity (Wildman–Crippen MR) is 48.5 cm³/mol. The number of hydrogen-bond acceptors (Lipinski definition) is 3. The third-order valence-corrected chi connectivity index (χ3v) is 1.71. The molecule has 4 N–H and O–H groups in total. The SMILES string of the molecule is CC(N)C(=O)NC(CCC(=O)O)C(F)F. The largest absolute Gasteiger partial charge is 0.481 e. The van der Waals surface area contributed by atoms with Crippen LogP contribution < -0.4 is 11.1 Å². The minimum atomic E-state index is -2.80. The number of carboxylic acids is 1. The second kappa shape index (κ2) is 6.28. The summed E-state index contributed by atoms with van der Waals surface area (Å²) in [5.74, 6) is -1.90. The number of halogens is 2. The summed E-state index contributed by atoms with van der Waals surface area (Å²) in [5.41, 5.74) is 5.17. The van der Waals surface area contributed by atoms with Crippen LogP contribution in [-0.2, 0) is 9.59 Å². The van der Waals surface area contributed by atoms with Crippen LogP contribution in [0.3, 0.4) is 0 Å². The van der Waals surface area contributed by atoms with Gasteiger partial charge >= 0.3 is 5.97 Å². The third-order valence-electron chi connectivity index (χ3n) is 1.71. The summed E-state index contributed by atoms with van der Waals surface area (Å²) in [5, 5.41) is 10.3. The average molecular weight is 224 g/mol. The van der Waals surface area contributed by atoms with Gasteiger partial charge in [0.25, 0.3) is 6.43 Å². The number of amides is 1. The van der Waals surface area contributed by atoms with Crippen molar-refractivity contribution in [3.8, 4) is 0 Å². The van der Waals surface area contributed by atoms with Crippen LogP contribution in [0.25, 0.3) is 0 Å². The van der Waals surface area contributed by atoms with E-state index in [0.717, 1.165) is 0 Å². The van der Waals surface area contributed by atoms with Gasteiger partial charge < -0.3 is 16.2 Å². The lowest BCUT2D eigenvalue weighted by molar-refractivity contribution is -0.137. The highest BCUT2D eigenvalue weighted by atomic mass is 19.3. The first kappa shape index (κ1) is 13.8. The van der Waals surface area contributed by atoms with Crippen LogP contribution in [0.5, 0.6) is 0 Å². The van der Waals surface area contributed by atoms with E-state index in [1.165, 1.54) is 6.92 Å². The molecule has 0 fully saturated rings. The fourth-order valence-corrected chi connectivity index (χ4v) is 0.854. The second-order valence-electron chi connectivity index (χ2n) is 3.17. The van der Waals surface area contributed by atoms with Crippen LogP contribution in [0, 0.1) is 0 Å². The fourth-order valence-electron chi connectivity index (χ4n) is 0.854. The summed E-state index contributed by atoms with van der Waals surface area (Å²) >= 11 is 0. The number of aliphatic carboxylic acids is 1. The van der Waals surface area contributed by atoms with Crippen LogP contribution in [0.1, 0.15) is 19.8 Å². The van der Waals surface area contributed by atoms with E-state index in [9.17, 15) is 18.4 Å². The molecule has 0 aliphatic rings. The Labute approximate surface area is 85.6 Å². The number of alkyl halides is 2. The maximum Gasteiger partial charge on any atom is 0.303 e. The van der Waals surface area contributed by atoms with Crippen LogP contribution in [0.4, 0.5) is 8.78 Å². The molecular formula is C8H14F2N2O3.